The fraction of sp³-hybridized carbons (Fsp3) is 0.273. The molecule has 86 valence electrons. The minimum absolute atomic E-state index is 0.00292. The number of carbonyl (C=O) groups is 2. The van der Waals surface area contributed by atoms with Crippen LogP contribution in [0.2, 0.25) is 0 Å². The predicted octanol–water partition coefficient (Wildman–Crippen LogP) is 2.04. The molecule has 16 heavy (non-hydrogen) atoms. The Labute approximate surface area is 92.1 Å². The van der Waals surface area contributed by atoms with Crippen LogP contribution < -0.4 is 5.32 Å². The van der Waals surface area contributed by atoms with E-state index in [2.05, 4.69) is 5.32 Å². The number of benzene rings is 1. The van der Waals surface area contributed by atoms with E-state index in [0.717, 1.165) is 6.07 Å². The average Bonchev–Trinajstić information content (AvgIpc) is 2.14. The molecule has 0 unspecified atom stereocenters. The fourth-order valence-corrected chi connectivity index (χ4v) is 1.37. The molecule has 1 aromatic rings. The van der Waals surface area contributed by atoms with Crippen molar-refractivity contribution in [3.05, 3.63) is 29.1 Å². The standard InChI is InChI=1S/C11H12FNO3/c1-3-7-4-8(12)10(11(15)16)9(5-7)13-6(2)14/h4-5H,3H2,1-2H3,(H,13,14)(H,15,16). The number of halogens is 1. The van der Waals surface area contributed by atoms with Gasteiger partial charge in [0.2, 0.25) is 5.91 Å². The van der Waals surface area contributed by atoms with E-state index in [-0.39, 0.29) is 5.69 Å². The first kappa shape index (κ1) is 12.2. The molecule has 0 saturated heterocycles. The third kappa shape index (κ3) is 2.56. The molecule has 0 aliphatic carbocycles. The van der Waals surface area contributed by atoms with Crippen LogP contribution in [-0.4, -0.2) is 17.0 Å². The largest absolute Gasteiger partial charge is 0.478 e. The lowest BCUT2D eigenvalue weighted by molar-refractivity contribution is -0.114. The van der Waals surface area contributed by atoms with Gasteiger partial charge in [-0.15, -0.1) is 0 Å². The zero-order chi connectivity index (χ0) is 12.3. The number of aromatic carboxylic acids is 1. The number of nitrogens with one attached hydrogen (secondary N) is 1. The number of rotatable bonds is 3. The molecule has 0 atom stereocenters. The first-order chi connectivity index (χ1) is 7.45. The molecule has 2 N–H and O–H groups in total. The Hall–Kier alpha value is -1.91. The van der Waals surface area contributed by atoms with Crippen LogP contribution in [0.5, 0.6) is 0 Å². The van der Waals surface area contributed by atoms with Gasteiger partial charge < -0.3 is 10.4 Å². The minimum Gasteiger partial charge on any atom is -0.478 e. The predicted molar refractivity (Wildman–Crippen MR) is 57.0 cm³/mol. The molecule has 0 spiro atoms. The van der Waals surface area contributed by atoms with Gasteiger partial charge in [0.05, 0.1) is 5.69 Å². The summed E-state index contributed by atoms with van der Waals surface area (Å²) in [7, 11) is 0. The van der Waals surface area contributed by atoms with Crippen LogP contribution in [0.4, 0.5) is 10.1 Å². The summed E-state index contributed by atoms with van der Waals surface area (Å²) in [5.41, 5.74) is 0.121. The maximum Gasteiger partial charge on any atom is 0.340 e. The Bertz CT molecular complexity index is 443. The van der Waals surface area contributed by atoms with Crippen molar-refractivity contribution in [2.24, 2.45) is 0 Å². The lowest BCUT2D eigenvalue weighted by Crippen LogP contribution is -2.13. The van der Waals surface area contributed by atoms with Crippen LogP contribution in [0.1, 0.15) is 29.8 Å². The molecule has 1 amide bonds. The molecule has 0 heterocycles. The van der Waals surface area contributed by atoms with Crippen molar-refractivity contribution >= 4 is 17.6 Å². The van der Waals surface area contributed by atoms with Crippen molar-refractivity contribution in [2.75, 3.05) is 5.32 Å². The van der Waals surface area contributed by atoms with E-state index < -0.39 is 23.3 Å². The number of aryl methyl sites for hydroxylation is 1. The number of anilines is 1. The summed E-state index contributed by atoms with van der Waals surface area (Å²) >= 11 is 0. The summed E-state index contributed by atoms with van der Waals surface area (Å²) in [6.45, 7) is 3.05. The van der Waals surface area contributed by atoms with Crippen molar-refractivity contribution in [1.82, 2.24) is 0 Å². The molecule has 0 aromatic heterocycles. The average molecular weight is 225 g/mol. The number of carboxylic acid groups (broad SMARTS) is 1. The smallest absolute Gasteiger partial charge is 0.340 e. The van der Waals surface area contributed by atoms with E-state index in [9.17, 15) is 14.0 Å². The third-order valence-corrected chi connectivity index (χ3v) is 2.08. The molecule has 1 rings (SSSR count). The van der Waals surface area contributed by atoms with Gasteiger partial charge in [0.25, 0.3) is 0 Å². The monoisotopic (exact) mass is 225 g/mol. The maximum atomic E-state index is 13.5. The van der Waals surface area contributed by atoms with Crippen LogP contribution in [0.15, 0.2) is 12.1 Å². The second-order valence-corrected chi connectivity index (χ2v) is 3.34. The number of carboxylic acids is 1. The fourth-order valence-electron chi connectivity index (χ4n) is 1.37. The van der Waals surface area contributed by atoms with Gasteiger partial charge in [0, 0.05) is 6.92 Å². The molecule has 0 bridgehead atoms. The normalized spacial score (nSPS) is 9.94. The Kier molecular flexibility index (Phi) is 3.60. The molecule has 0 aliphatic rings. The Morgan fingerprint density at radius 1 is 1.44 bits per heavy atom. The first-order valence-corrected chi connectivity index (χ1v) is 4.79. The van der Waals surface area contributed by atoms with Crippen molar-refractivity contribution in [3.63, 3.8) is 0 Å². The van der Waals surface area contributed by atoms with Crippen molar-refractivity contribution in [1.29, 1.82) is 0 Å². The summed E-state index contributed by atoms with van der Waals surface area (Å²) < 4.78 is 13.5. The van der Waals surface area contributed by atoms with Gasteiger partial charge in [-0.3, -0.25) is 4.79 Å². The van der Waals surface area contributed by atoms with Gasteiger partial charge in [0.1, 0.15) is 11.4 Å². The van der Waals surface area contributed by atoms with Crippen LogP contribution in [0, 0.1) is 5.82 Å². The van der Waals surface area contributed by atoms with E-state index in [1.807, 2.05) is 6.92 Å². The van der Waals surface area contributed by atoms with E-state index in [4.69, 9.17) is 5.11 Å². The lowest BCUT2D eigenvalue weighted by atomic mass is 10.1. The van der Waals surface area contributed by atoms with Gasteiger partial charge in [-0.25, -0.2) is 9.18 Å². The molecule has 0 aliphatic heterocycles. The molecular formula is C11H12FNO3. The van der Waals surface area contributed by atoms with Crippen molar-refractivity contribution in [2.45, 2.75) is 20.3 Å². The molecule has 0 saturated carbocycles. The second-order valence-electron chi connectivity index (χ2n) is 3.34. The summed E-state index contributed by atoms with van der Waals surface area (Å²) in [5, 5.41) is 11.1. The number of carbonyl (C=O) groups excluding carboxylic acids is 1. The molecule has 0 fully saturated rings. The Morgan fingerprint density at radius 2 is 2.06 bits per heavy atom. The highest BCUT2D eigenvalue weighted by Crippen LogP contribution is 2.22. The quantitative estimate of drug-likeness (QED) is 0.827. The van der Waals surface area contributed by atoms with Gasteiger partial charge in [-0.2, -0.15) is 0 Å². The molecule has 4 nitrogen and oxygen atoms in total. The summed E-state index contributed by atoms with van der Waals surface area (Å²) in [6.07, 6.45) is 0.559. The number of hydrogen-bond acceptors (Lipinski definition) is 2. The lowest BCUT2D eigenvalue weighted by Gasteiger charge is -2.09. The minimum atomic E-state index is -1.40. The van der Waals surface area contributed by atoms with E-state index in [0.29, 0.717) is 12.0 Å². The van der Waals surface area contributed by atoms with E-state index >= 15 is 0 Å². The van der Waals surface area contributed by atoms with E-state index in [1.54, 1.807) is 0 Å². The highest BCUT2D eigenvalue weighted by molar-refractivity contribution is 6.00. The van der Waals surface area contributed by atoms with Crippen LogP contribution in [-0.2, 0) is 11.2 Å². The maximum absolute atomic E-state index is 13.5. The first-order valence-electron chi connectivity index (χ1n) is 4.79. The van der Waals surface area contributed by atoms with Gasteiger partial charge in [-0.1, -0.05) is 6.92 Å². The van der Waals surface area contributed by atoms with Crippen molar-refractivity contribution < 1.29 is 19.1 Å². The van der Waals surface area contributed by atoms with E-state index in [1.165, 1.54) is 13.0 Å². The topological polar surface area (TPSA) is 66.4 Å². The highest BCUT2D eigenvalue weighted by Gasteiger charge is 2.17. The number of amides is 1. The Morgan fingerprint density at radius 3 is 2.50 bits per heavy atom. The Balaban J connectivity index is 3.34. The molecule has 0 radical (unpaired) electrons. The zero-order valence-corrected chi connectivity index (χ0v) is 9.00. The van der Waals surface area contributed by atoms with Crippen LogP contribution in [0.25, 0.3) is 0 Å². The van der Waals surface area contributed by atoms with Crippen LogP contribution >= 0.6 is 0 Å². The van der Waals surface area contributed by atoms with Crippen LogP contribution in [0.3, 0.4) is 0 Å². The summed E-state index contributed by atoms with van der Waals surface area (Å²) in [4.78, 5) is 21.7. The van der Waals surface area contributed by atoms with Gasteiger partial charge >= 0.3 is 5.97 Å². The van der Waals surface area contributed by atoms with Crippen molar-refractivity contribution in [3.8, 4) is 0 Å². The molecular weight excluding hydrogens is 213 g/mol. The molecule has 5 heteroatoms. The molecule has 1 aromatic carbocycles. The van der Waals surface area contributed by atoms with Gasteiger partial charge in [-0.05, 0) is 24.1 Å². The van der Waals surface area contributed by atoms with Gasteiger partial charge in [0.15, 0.2) is 0 Å². The number of hydrogen-bond donors (Lipinski definition) is 2. The second kappa shape index (κ2) is 4.74. The zero-order valence-electron chi connectivity index (χ0n) is 9.00. The highest BCUT2D eigenvalue weighted by atomic mass is 19.1. The third-order valence-electron chi connectivity index (χ3n) is 2.08. The SMILES string of the molecule is CCc1cc(F)c(C(=O)O)c(NC(C)=O)c1. The summed E-state index contributed by atoms with van der Waals surface area (Å²) in [6, 6.07) is 2.63. The summed E-state index contributed by atoms with van der Waals surface area (Å²) in [5.74, 6) is -2.67.